The van der Waals surface area contributed by atoms with Gasteiger partial charge in [0.2, 0.25) is 0 Å². The van der Waals surface area contributed by atoms with Crippen LogP contribution in [0.5, 0.6) is 5.75 Å². The van der Waals surface area contributed by atoms with Crippen molar-refractivity contribution in [3.05, 3.63) is 29.8 Å². The number of hydrogen-bond donors (Lipinski definition) is 2. The van der Waals surface area contributed by atoms with Crippen molar-refractivity contribution in [3.8, 4) is 5.75 Å². The second kappa shape index (κ2) is 6.62. The fourth-order valence-electron chi connectivity index (χ4n) is 1.69. The molecule has 3 atom stereocenters. The van der Waals surface area contributed by atoms with E-state index in [9.17, 15) is 5.11 Å². The van der Waals surface area contributed by atoms with Gasteiger partial charge in [-0.3, -0.25) is 0 Å². The van der Waals surface area contributed by atoms with Gasteiger partial charge in [0.1, 0.15) is 11.9 Å². The Labute approximate surface area is 104 Å². The van der Waals surface area contributed by atoms with E-state index < -0.39 is 0 Å². The van der Waals surface area contributed by atoms with E-state index in [2.05, 4.69) is 19.9 Å². The molecular weight excluding hydrogens is 214 g/mol. The van der Waals surface area contributed by atoms with Crippen LogP contribution in [-0.2, 0) is 0 Å². The van der Waals surface area contributed by atoms with Gasteiger partial charge in [-0.1, -0.05) is 32.0 Å². The molecule has 0 aliphatic heterocycles. The summed E-state index contributed by atoms with van der Waals surface area (Å²) in [5.74, 6) is 1.27. The van der Waals surface area contributed by atoms with Crippen molar-refractivity contribution in [1.29, 1.82) is 0 Å². The second-order valence-electron chi connectivity index (χ2n) is 4.55. The molecule has 0 spiro atoms. The minimum Gasteiger partial charge on any atom is -0.486 e. The quantitative estimate of drug-likeness (QED) is 0.798. The monoisotopic (exact) mass is 237 g/mol. The molecule has 3 N–H and O–H groups in total. The Morgan fingerprint density at radius 2 is 1.94 bits per heavy atom. The van der Waals surface area contributed by atoms with E-state index in [1.165, 1.54) is 5.56 Å². The number of para-hydroxylation sites is 1. The maximum atomic E-state index is 9.24. The molecule has 3 nitrogen and oxygen atoms in total. The molecule has 0 aliphatic rings. The van der Waals surface area contributed by atoms with Gasteiger partial charge in [0.05, 0.1) is 6.61 Å². The van der Waals surface area contributed by atoms with Gasteiger partial charge in [-0.2, -0.15) is 0 Å². The van der Waals surface area contributed by atoms with E-state index in [-0.39, 0.29) is 18.8 Å². The number of aliphatic hydroxyl groups excluding tert-OH is 1. The van der Waals surface area contributed by atoms with Crippen molar-refractivity contribution in [2.24, 2.45) is 5.73 Å². The van der Waals surface area contributed by atoms with E-state index in [0.717, 1.165) is 12.2 Å². The van der Waals surface area contributed by atoms with E-state index in [4.69, 9.17) is 10.5 Å². The number of nitrogens with two attached hydrogens (primary N) is 1. The summed E-state index contributed by atoms with van der Waals surface area (Å²) in [6.45, 7) is 6.10. The molecule has 17 heavy (non-hydrogen) atoms. The summed E-state index contributed by atoms with van der Waals surface area (Å²) in [6, 6.07) is 7.77. The molecule has 0 heterocycles. The number of ether oxygens (including phenoxy) is 1. The first-order valence-corrected chi connectivity index (χ1v) is 6.22. The topological polar surface area (TPSA) is 55.5 Å². The summed E-state index contributed by atoms with van der Waals surface area (Å²) in [5.41, 5.74) is 6.94. The number of hydrogen-bond acceptors (Lipinski definition) is 3. The van der Waals surface area contributed by atoms with Crippen LogP contribution in [0.3, 0.4) is 0 Å². The van der Waals surface area contributed by atoms with Gasteiger partial charge >= 0.3 is 0 Å². The first-order valence-electron chi connectivity index (χ1n) is 6.22. The van der Waals surface area contributed by atoms with Crippen LogP contribution >= 0.6 is 0 Å². The normalized spacial score (nSPS) is 16.3. The molecule has 3 heteroatoms. The highest BCUT2D eigenvalue weighted by Gasteiger charge is 2.17. The average molecular weight is 237 g/mol. The molecule has 0 amide bonds. The molecule has 0 fully saturated rings. The zero-order valence-corrected chi connectivity index (χ0v) is 10.9. The summed E-state index contributed by atoms with van der Waals surface area (Å²) in [7, 11) is 0. The average Bonchev–Trinajstić information content (AvgIpc) is 2.35. The van der Waals surface area contributed by atoms with Crippen molar-refractivity contribution in [2.45, 2.75) is 45.3 Å². The highest BCUT2D eigenvalue weighted by atomic mass is 16.5. The molecule has 1 aromatic carbocycles. The number of benzene rings is 1. The molecule has 1 aromatic rings. The lowest BCUT2D eigenvalue weighted by Gasteiger charge is -2.23. The summed E-state index contributed by atoms with van der Waals surface area (Å²) in [4.78, 5) is 0. The van der Waals surface area contributed by atoms with Crippen LogP contribution in [-0.4, -0.2) is 23.9 Å². The number of aliphatic hydroxyl groups is 1. The maximum absolute atomic E-state index is 9.24. The second-order valence-corrected chi connectivity index (χ2v) is 4.55. The molecule has 96 valence electrons. The first kappa shape index (κ1) is 14.0. The van der Waals surface area contributed by atoms with Crippen molar-refractivity contribution >= 4 is 0 Å². The fourth-order valence-corrected chi connectivity index (χ4v) is 1.69. The summed E-state index contributed by atoms with van der Waals surface area (Å²) in [6.07, 6.45) is 0.711. The lowest BCUT2D eigenvalue weighted by Crippen LogP contribution is -2.39. The minimum atomic E-state index is -0.347. The molecule has 3 unspecified atom stereocenters. The van der Waals surface area contributed by atoms with Crippen molar-refractivity contribution in [3.63, 3.8) is 0 Å². The molecule has 0 saturated heterocycles. The lowest BCUT2D eigenvalue weighted by molar-refractivity contribution is 0.0978. The lowest BCUT2D eigenvalue weighted by atomic mass is 9.98. The van der Waals surface area contributed by atoms with Gasteiger partial charge in [-0.05, 0) is 30.9 Å². The predicted molar refractivity (Wildman–Crippen MR) is 70.3 cm³/mol. The molecule has 0 bridgehead atoms. The summed E-state index contributed by atoms with van der Waals surface area (Å²) < 4.78 is 5.80. The van der Waals surface area contributed by atoms with Crippen molar-refractivity contribution in [2.75, 3.05) is 6.61 Å². The highest BCUT2D eigenvalue weighted by molar-refractivity contribution is 5.36. The van der Waals surface area contributed by atoms with Crippen molar-refractivity contribution < 1.29 is 9.84 Å². The Hall–Kier alpha value is -1.06. The van der Waals surface area contributed by atoms with Gasteiger partial charge in [0, 0.05) is 6.04 Å². The Balaban J connectivity index is 2.89. The van der Waals surface area contributed by atoms with Gasteiger partial charge < -0.3 is 15.6 Å². The predicted octanol–water partition coefficient (Wildman–Crippen LogP) is 2.29. The van der Waals surface area contributed by atoms with Gasteiger partial charge in [0.25, 0.3) is 0 Å². The van der Waals surface area contributed by atoms with Crippen LogP contribution in [0, 0.1) is 0 Å². The van der Waals surface area contributed by atoms with E-state index in [0.29, 0.717) is 5.92 Å². The van der Waals surface area contributed by atoms with Gasteiger partial charge in [-0.25, -0.2) is 0 Å². The summed E-state index contributed by atoms with van der Waals surface area (Å²) >= 11 is 0. The van der Waals surface area contributed by atoms with E-state index in [1.54, 1.807) is 0 Å². The zero-order valence-electron chi connectivity index (χ0n) is 10.9. The Morgan fingerprint density at radius 1 is 1.29 bits per heavy atom. The van der Waals surface area contributed by atoms with Gasteiger partial charge in [0.15, 0.2) is 0 Å². The van der Waals surface area contributed by atoms with Crippen LogP contribution in [0.25, 0.3) is 0 Å². The fraction of sp³-hybridized carbons (Fsp3) is 0.571. The molecule has 1 rings (SSSR count). The molecule has 0 saturated carbocycles. The van der Waals surface area contributed by atoms with Gasteiger partial charge in [-0.15, -0.1) is 0 Å². The van der Waals surface area contributed by atoms with Crippen molar-refractivity contribution in [1.82, 2.24) is 0 Å². The Kier molecular flexibility index (Phi) is 5.45. The van der Waals surface area contributed by atoms with E-state index in [1.807, 2.05) is 25.1 Å². The minimum absolute atomic E-state index is 0.0630. The van der Waals surface area contributed by atoms with Crippen LogP contribution < -0.4 is 10.5 Å². The van der Waals surface area contributed by atoms with Crippen LogP contribution in [0.15, 0.2) is 24.3 Å². The van der Waals surface area contributed by atoms with E-state index >= 15 is 0 Å². The molecule has 0 aromatic heterocycles. The number of rotatable bonds is 6. The third kappa shape index (κ3) is 3.72. The zero-order chi connectivity index (χ0) is 12.8. The third-order valence-corrected chi connectivity index (χ3v) is 3.11. The molecule has 0 aliphatic carbocycles. The standard InChI is InChI=1S/C14H23NO2/c1-4-10(2)12-7-5-6-8-13(12)17-14(9-16)11(3)15/h5-8,10-11,14,16H,4,9,15H2,1-3H3. The molecule has 0 radical (unpaired) electrons. The smallest absolute Gasteiger partial charge is 0.136 e. The van der Waals surface area contributed by atoms with Crippen LogP contribution in [0.4, 0.5) is 0 Å². The summed E-state index contributed by atoms with van der Waals surface area (Å²) in [5, 5.41) is 9.24. The van der Waals surface area contributed by atoms with Crippen LogP contribution in [0.2, 0.25) is 0 Å². The SMILES string of the molecule is CCC(C)c1ccccc1OC(CO)C(C)N. The molecular formula is C14H23NO2. The Morgan fingerprint density at radius 3 is 2.47 bits per heavy atom. The highest BCUT2D eigenvalue weighted by Crippen LogP contribution is 2.29. The third-order valence-electron chi connectivity index (χ3n) is 3.11. The largest absolute Gasteiger partial charge is 0.486 e. The first-order chi connectivity index (χ1) is 8.10. The Bertz CT molecular complexity index is 339. The van der Waals surface area contributed by atoms with Crippen LogP contribution in [0.1, 0.15) is 38.7 Å². The maximum Gasteiger partial charge on any atom is 0.136 e.